The highest BCUT2D eigenvalue weighted by atomic mass is 16.5. The van der Waals surface area contributed by atoms with Gasteiger partial charge in [-0.15, -0.1) is 0 Å². The van der Waals surface area contributed by atoms with Crippen LogP contribution in [0.5, 0.6) is 0 Å². The Labute approximate surface area is 89.8 Å². The first-order valence-electron chi connectivity index (χ1n) is 5.04. The fraction of sp³-hybridized carbons (Fsp3) is 0.800. The molecule has 0 fully saturated rings. The average molecular weight is 217 g/mol. The molecule has 0 bridgehead atoms. The summed E-state index contributed by atoms with van der Waals surface area (Å²) in [6.45, 7) is 7.28. The molecule has 0 saturated carbocycles. The molecule has 2 atom stereocenters. The molecule has 5 heteroatoms. The third kappa shape index (κ3) is 4.78. The normalized spacial score (nSPS) is 14.7. The van der Waals surface area contributed by atoms with Gasteiger partial charge in [0, 0.05) is 6.61 Å². The lowest BCUT2D eigenvalue weighted by Gasteiger charge is -2.20. The first-order valence-corrected chi connectivity index (χ1v) is 5.04. The van der Waals surface area contributed by atoms with Crippen LogP contribution < -0.4 is 5.32 Å². The molecule has 5 nitrogen and oxygen atoms in total. The molecule has 0 saturated heterocycles. The van der Waals surface area contributed by atoms with Crippen molar-refractivity contribution in [1.82, 2.24) is 5.32 Å². The molecule has 0 aliphatic carbocycles. The molecule has 1 amide bonds. The topological polar surface area (TPSA) is 75.6 Å². The van der Waals surface area contributed by atoms with Crippen molar-refractivity contribution < 1.29 is 19.4 Å². The number of hydrogen-bond donors (Lipinski definition) is 2. The average Bonchev–Trinajstić information content (AvgIpc) is 2.12. The lowest BCUT2D eigenvalue weighted by Crippen LogP contribution is -2.48. The lowest BCUT2D eigenvalue weighted by atomic mass is 10.0. The maximum absolute atomic E-state index is 11.5. The van der Waals surface area contributed by atoms with Gasteiger partial charge in [0.25, 0.3) is 0 Å². The Morgan fingerprint density at radius 2 is 1.87 bits per heavy atom. The first-order chi connectivity index (χ1) is 6.90. The summed E-state index contributed by atoms with van der Waals surface area (Å²) in [5.41, 5.74) is 0. The van der Waals surface area contributed by atoms with Crippen molar-refractivity contribution in [1.29, 1.82) is 0 Å². The van der Waals surface area contributed by atoms with Crippen LogP contribution in [0.1, 0.15) is 27.7 Å². The van der Waals surface area contributed by atoms with Gasteiger partial charge in [-0.05, 0) is 19.8 Å². The lowest BCUT2D eigenvalue weighted by molar-refractivity contribution is -0.145. The van der Waals surface area contributed by atoms with Gasteiger partial charge >= 0.3 is 5.97 Å². The van der Waals surface area contributed by atoms with E-state index < -0.39 is 24.0 Å². The summed E-state index contributed by atoms with van der Waals surface area (Å²) in [7, 11) is 0. The van der Waals surface area contributed by atoms with Crippen LogP contribution in [0, 0.1) is 5.92 Å². The zero-order valence-electron chi connectivity index (χ0n) is 9.61. The molecule has 0 heterocycles. The molecule has 0 aromatic heterocycles. The number of amides is 1. The summed E-state index contributed by atoms with van der Waals surface area (Å²) >= 11 is 0. The maximum Gasteiger partial charge on any atom is 0.326 e. The highest BCUT2D eigenvalue weighted by molar-refractivity contribution is 5.86. The van der Waals surface area contributed by atoms with Crippen molar-refractivity contribution in [3.8, 4) is 0 Å². The third-order valence-electron chi connectivity index (χ3n) is 2.02. The minimum atomic E-state index is -1.03. The standard InChI is InChI=1S/C10H19NO4/c1-5-15-7(4)9(12)11-8(6(2)3)10(13)14/h6-8H,5H2,1-4H3,(H,11,12)(H,13,14)/t7?,8-/m0/s1. The van der Waals surface area contributed by atoms with E-state index in [4.69, 9.17) is 9.84 Å². The van der Waals surface area contributed by atoms with Gasteiger partial charge in [0.05, 0.1) is 0 Å². The number of aliphatic carboxylic acids is 1. The van der Waals surface area contributed by atoms with Crippen LogP contribution in [0.15, 0.2) is 0 Å². The Bertz CT molecular complexity index is 227. The third-order valence-corrected chi connectivity index (χ3v) is 2.02. The second-order valence-corrected chi connectivity index (χ2v) is 3.67. The van der Waals surface area contributed by atoms with Crippen molar-refractivity contribution in [2.24, 2.45) is 5.92 Å². The number of carbonyl (C=O) groups excluding carboxylic acids is 1. The molecule has 0 aliphatic rings. The zero-order chi connectivity index (χ0) is 12.0. The van der Waals surface area contributed by atoms with Crippen molar-refractivity contribution in [2.45, 2.75) is 39.8 Å². The molecule has 0 aromatic rings. The molecule has 0 aromatic carbocycles. The van der Waals surface area contributed by atoms with E-state index in [2.05, 4.69) is 5.32 Å². The monoisotopic (exact) mass is 217 g/mol. The smallest absolute Gasteiger partial charge is 0.326 e. The van der Waals surface area contributed by atoms with E-state index in [1.54, 1.807) is 27.7 Å². The molecular weight excluding hydrogens is 198 g/mol. The molecule has 15 heavy (non-hydrogen) atoms. The number of carboxylic acids is 1. The van der Waals surface area contributed by atoms with Crippen molar-refractivity contribution >= 4 is 11.9 Å². The van der Waals surface area contributed by atoms with E-state index in [0.717, 1.165) is 0 Å². The predicted octanol–water partition coefficient (Wildman–Crippen LogP) is 0.637. The highest BCUT2D eigenvalue weighted by Crippen LogP contribution is 2.02. The zero-order valence-corrected chi connectivity index (χ0v) is 9.61. The molecule has 88 valence electrons. The molecule has 0 spiro atoms. The summed E-state index contributed by atoms with van der Waals surface area (Å²) in [6.07, 6.45) is -0.615. The van der Waals surface area contributed by atoms with Gasteiger partial charge in [-0.25, -0.2) is 4.79 Å². The summed E-state index contributed by atoms with van der Waals surface area (Å²) in [5.74, 6) is -1.57. The van der Waals surface area contributed by atoms with E-state index in [-0.39, 0.29) is 5.92 Å². The number of hydrogen-bond acceptors (Lipinski definition) is 3. The van der Waals surface area contributed by atoms with Crippen LogP contribution in [0.4, 0.5) is 0 Å². The minimum absolute atomic E-state index is 0.153. The van der Waals surface area contributed by atoms with Crippen molar-refractivity contribution in [3.05, 3.63) is 0 Å². The van der Waals surface area contributed by atoms with Gasteiger partial charge in [0.2, 0.25) is 5.91 Å². The summed E-state index contributed by atoms with van der Waals surface area (Å²) < 4.78 is 5.06. The Balaban J connectivity index is 4.29. The molecule has 1 unspecified atom stereocenters. The first kappa shape index (κ1) is 13.9. The van der Waals surface area contributed by atoms with Gasteiger partial charge in [0.15, 0.2) is 0 Å². The fourth-order valence-corrected chi connectivity index (χ4v) is 1.11. The van der Waals surface area contributed by atoms with E-state index in [9.17, 15) is 9.59 Å². The number of rotatable bonds is 6. The van der Waals surface area contributed by atoms with Crippen molar-refractivity contribution in [2.75, 3.05) is 6.61 Å². The Hall–Kier alpha value is -1.10. The Morgan fingerprint density at radius 1 is 1.33 bits per heavy atom. The van der Waals surface area contributed by atoms with Gasteiger partial charge in [-0.3, -0.25) is 4.79 Å². The van der Waals surface area contributed by atoms with Gasteiger partial charge in [-0.2, -0.15) is 0 Å². The predicted molar refractivity (Wildman–Crippen MR) is 55.5 cm³/mol. The van der Waals surface area contributed by atoms with E-state index >= 15 is 0 Å². The molecular formula is C10H19NO4. The molecule has 2 N–H and O–H groups in total. The van der Waals surface area contributed by atoms with Gasteiger partial charge in [0.1, 0.15) is 12.1 Å². The number of ether oxygens (including phenoxy) is 1. The quantitative estimate of drug-likeness (QED) is 0.684. The number of carbonyl (C=O) groups is 2. The van der Waals surface area contributed by atoms with Crippen LogP contribution in [-0.2, 0) is 14.3 Å². The summed E-state index contributed by atoms with van der Waals surface area (Å²) in [4.78, 5) is 22.3. The van der Waals surface area contributed by atoms with Crippen LogP contribution in [0.2, 0.25) is 0 Å². The van der Waals surface area contributed by atoms with Gasteiger partial charge in [-0.1, -0.05) is 13.8 Å². The van der Waals surface area contributed by atoms with Crippen LogP contribution in [0.3, 0.4) is 0 Å². The van der Waals surface area contributed by atoms with Crippen LogP contribution in [0.25, 0.3) is 0 Å². The largest absolute Gasteiger partial charge is 0.480 e. The SMILES string of the molecule is CCOC(C)C(=O)N[C@H](C(=O)O)C(C)C. The molecule has 0 aliphatic heterocycles. The Kier molecular flexibility index (Phi) is 5.93. The number of nitrogens with one attached hydrogen (secondary N) is 1. The molecule has 0 rings (SSSR count). The van der Waals surface area contributed by atoms with E-state index in [1.807, 2.05) is 0 Å². The molecule has 0 radical (unpaired) electrons. The second-order valence-electron chi connectivity index (χ2n) is 3.67. The van der Waals surface area contributed by atoms with Crippen LogP contribution >= 0.6 is 0 Å². The maximum atomic E-state index is 11.5. The van der Waals surface area contributed by atoms with E-state index in [1.165, 1.54) is 0 Å². The van der Waals surface area contributed by atoms with Crippen molar-refractivity contribution in [3.63, 3.8) is 0 Å². The van der Waals surface area contributed by atoms with Crippen LogP contribution in [-0.4, -0.2) is 35.7 Å². The second kappa shape index (κ2) is 6.40. The number of carboxylic acid groups (broad SMARTS) is 1. The van der Waals surface area contributed by atoms with Gasteiger partial charge < -0.3 is 15.2 Å². The summed E-state index contributed by atoms with van der Waals surface area (Å²) in [5, 5.41) is 11.3. The fourth-order valence-electron chi connectivity index (χ4n) is 1.11. The highest BCUT2D eigenvalue weighted by Gasteiger charge is 2.25. The minimum Gasteiger partial charge on any atom is -0.480 e. The Morgan fingerprint density at radius 3 is 2.20 bits per heavy atom. The van der Waals surface area contributed by atoms with E-state index in [0.29, 0.717) is 6.61 Å². The summed E-state index contributed by atoms with van der Waals surface area (Å²) in [6, 6.07) is -0.861.